The van der Waals surface area contributed by atoms with E-state index in [0.717, 1.165) is 35.0 Å². The van der Waals surface area contributed by atoms with E-state index in [4.69, 9.17) is 4.74 Å². The molecular weight excluding hydrogens is 464 g/mol. The molecule has 0 bridgehead atoms. The van der Waals surface area contributed by atoms with E-state index in [-0.39, 0.29) is 5.91 Å². The predicted molar refractivity (Wildman–Crippen MR) is 146 cm³/mol. The van der Waals surface area contributed by atoms with Gasteiger partial charge in [0.1, 0.15) is 11.5 Å². The van der Waals surface area contributed by atoms with Gasteiger partial charge in [-0.3, -0.25) is 9.20 Å². The third kappa shape index (κ3) is 5.76. The molecule has 2 heterocycles. The Balaban J connectivity index is 1.30. The zero-order valence-electron chi connectivity index (χ0n) is 20.8. The Bertz CT molecular complexity index is 1480. The lowest BCUT2D eigenvalue weighted by Crippen LogP contribution is -2.31. The summed E-state index contributed by atoms with van der Waals surface area (Å²) in [6, 6.07) is 24.9. The Labute approximate surface area is 215 Å². The Kier molecular flexibility index (Phi) is 7.09. The highest BCUT2D eigenvalue weighted by molar-refractivity contribution is 5.94. The van der Waals surface area contributed by atoms with E-state index in [9.17, 15) is 4.79 Å². The number of imidazole rings is 1. The summed E-state index contributed by atoms with van der Waals surface area (Å²) in [7, 11) is 3.95. The first-order valence-corrected chi connectivity index (χ1v) is 12.0. The number of nitrogens with zero attached hydrogens (tertiary/aromatic N) is 4. The van der Waals surface area contributed by atoms with Crippen LogP contribution in [0.25, 0.3) is 16.9 Å². The maximum absolute atomic E-state index is 12.4. The summed E-state index contributed by atoms with van der Waals surface area (Å²) in [5, 5.41) is 6.29. The maximum Gasteiger partial charge on any atom is 0.251 e. The van der Waals surface area contributed by atoms with Crippen molar-refractivity contribution in [3.05, 3.63) is 103 Å². The number of para-hydroxylation sites is 1. The van der Waals surface area contributed by atoms with Crippen molar-refractivity contribution in [2.75, 3.05) is 32.5 Å². The fourth-order valence-corrected chi connectivity index (χ4v) is 3.88. The van der Waals surface area contributed by atoms with Gasteiger partial charge in [-0.2, -0.15) is 0 Å². The van der Waals surface area contributed by atoms with E-state index in [0.29, 0.717) is 23.6 Å². The van der Waals surface area contributed by atoms with Crippen LogP contribution in [0, 0.1) is 0 Å². The van der Waals surface area contributed by atoms with Crippen molar-refractivity contribution in [1.82, 2.24) is 24.6 Å². The minimum atomic E-state index is -0.0811. The van der Waals surface area contributed by atoms with E-state index >= 15 is 0 Å². The molecule has 0 atom stereocenters. The van der Waals surface area contributed by atoms with Crippen LogP contribution in [0.1, 0.15) is 10.4 Å². The highest BCUT2D eigenvalue weighted by Gasteiger charge is 2.12. The second-order valence-electron chi connectivity index (χ2n) is 8.81. The zero-order chi connectivity index (χ0) is 25.6. The van der Waals surface area contributed by atoms with Crippen LogP contribution in [-0.2, 0) is 0 Å². The lowest BCUT2D eigenvalue weighted by molar-refractivity contribution is 0.0951. The van der Waals surface area contributed by atoms with Crippen molar-refractivity contribution in [3.8, 4) is 22.8 Å². The van der Waals surface area contributed by atoms with Crippen LogP contribution < -0.4 is 15.4 Å². The van der Waals surface area contributed by atoms with Gasteiger partial charge in [0.2, 0.25) is 0 Å². The minimum absolute atomic E-state index is 0.0811. The number of anilines is 2. The number of hydrogen-bond acceptors (Lipinski definition) is 6. The molecule has 186 valence electrons. The van der Waals surface area contributed by atoms with Crippen LogP contribution in [0.5, 0.6) is 11.5 Å². The summed E-state index contributed by atoms with van der Waals surface area (Å²) in [6.07, 6.45) is 5.42. The van der Waals surface area contributed by atoms with Gasteiger partial charge >= 0.3 is 0 Å². The molecule has 0 aliphatic rings. The molecule has 5 rings (SSSR count). The molecule has 8 heteroatoms. The molecule has 0 saturated heterocycles. The summed E-state index contributed by atoms with van der Waals surface area (Å²) < 4.78 is 7.85. The number of aromatic nitrogens is 3. The Morgan fingerprint density at radius 2 is 1.65 bits per heavy atom. The SMILES string of the molecule is CN(C)CCNC(=O)c1ccc(-c2cnc3c(Nc4ccc(Oc5ccccc5)cc4)nccn23)cc1. The van der Waals surface area contributed by atoms with Gasteiger partial charge in [-0.15, -0.1) is 0 Å². The second kappa shape index (κ2) is 10.9. The average molecular weight is 493 g/mol. The van der Waals surface area contributed by atoms with E-state index in [1.807, 2.05) is 115 Å². The summed E-state index contributed by atoms with van der Waals surface area (Å²) in [5.74, 6) is 2.10. The summed E-state index contributed by atoms with van der Waals surface area (Å²) in [5.41, 5.74) is 4.06. The largest absolute Gasteiger partial charge is 0.457 e. The highest BCUT2D eigenvalue weighted by Crippen LogP contribution is 2.27. The van der Waals surface area contributed by atoms with Gasteiger partial charge in [0.25, 0.3) is 5.91 Å². The standard InChI is InChI=1S/C29H28N6O2/c1-34(2)18-16-31-29(36)22-10-8-21(9-11-22)26-20-32-28-27(30-17-19-35(26)28)33-23-12-14-25(15-13-23)37-24-6-4-3-5-7-24/h3-15,17,19-20H,16,18H2,1-2H3,(H,30,33)(H,31,36). The van der Waals surface area contributed by atoms with Crippen molar-refractivity contribution in [2.24, 2.45) is 0 Å². The van der Waals surface area contributed by atoms with Gasteiger partial charge < -0.3 is 20.3 Å². The first-order chi connectivity index (χ1) is 18.1. The normalized spacial score (nSPS) is 11.0. The Morgan fingerprint density at radius 1 is 0.919 bits per heavy atom. The number of likely N-dealkylation sites (N-methyl/N-ethyl adjacent to an activating group) is 1. The van der Waals surface area contributed by atoms with Crippen molar-refractivity contribution in [1.29, 1.82) is 0 Å². The molecule has 3 aromatic carbocycles. The Hall–Kier alpha value is -4.69. The third-order valence-corrected chi connectivity index (χ3v) is 5.81. The molecule has 0 spiro atoms. The number of carbonyl (C=O) groups excluding carboxylic acids is 1. The lowest BCUT2D eigenvalue weighted by atomic mass is 10.1. The number of nitrogens with one attached hydrogen (secondary N) is 2. The molecular formula is C29H28N6O2. The molecule has 8 nitrogen and oxygen atoms in total. The van der Waals surface area contributed by atoms with E-state index in [1.54, 1.807) is 6.20 Å². The fraction of sp³-hybridized carbons (Fsp3) is 0.138. The lowest BCUT2D eigenvalue weighted by Gasteiger charge is -2.11. The van der Waals surface area contributed by atoms with Crippen LogP contribution in [-0.4, -0.2) is 52.4 Å². The first kappa shape index (κ1) is 24.0. The monoisotopic (exact) mass is 492 g/mol. The molecule has 37 heavy (non-hydrogen) atoms. The van der Waals surface area contributed by atoms with Crippen molar-refractivity contribution in [2.45, 2.75) is 0 Å². The summed E-state index contributed by atoms with van der Waals surface area (Å²) in [4.78, 5) is 23.5. The number of fused-ring (bicyclic) bond motifs is 1. The van der Waals surface area contributed by atoms with Crippen LogP contribution in [0.15, 0.2) is 97.5 Å². The number of amides is 1. The minimum Gasteiger partial charge on any atom is -0.457 e. The van der Waals surface area contributed by atoms with Crippen LogP contribution in [0.4, 0.5) is 11.5 Å². The fourth-order valence-electron chi connectivity index (χ4n) is 3.88. The smallest absolute Gasteiger partial charge is 0.251 e. The maximum atomic E-state index is 12.4. The summed E-state index contributed by atoms with van der Waals surface area (Å²) >= 11 is 0. The van der Waals surface area contributed by atoms with Gasteiger partial charge in [0.15, 0.2) is 11.5 Å². The Morgan fingerprint density at radius 3 is 2.38 bits per heavy atom. The average Bonchev–Trinajstić information content (AvgIpc) is 3.35. The van der Waals surface area contributed by atoms with Crippen LogP contribution >= 0.6 is 0 Å². The molecule has 1 amide bonds. The topological polar surface area (TPSA) is 83.8 Å². The first-order valence-electron chi connectivity index (χ1n) is 12.0. The van der Waals surface area contributed by atoms with Gasteiger partial charge in [-0.25, -0.2) is 9.97 Å². The highest BCUT2D eigenvalue weighted by atomic mass is 16.5. The van der Waals surface area contributed by atoms with Crippen molar-refractivity contribution >= 4 is 23.1 Å². The number of ether oxygens (including phenoxy) is 1. The molecule has 5 aromatic rings. The van der Waals surface area contributed by atoms with E-state index < -0.39 is 0 Å². The molecule has 0 aliphatic carbocycles. The van der Waals surface area contributed by atoms with Gasteiger partial charge in [-0.05, 0) is 62.6 Å². The van der Waals surface area contributed by atoms with Gasteiger partial charge in [0.05, 0.1) is 11.9 Å². The number of hydrogen-bond donors (Lipinski definition) is 2. The van der Waals surface area contributed by atoms with Crippen molar-refractivity contribution in [3.63, 3.8) is 0 Å². The molecule has 2 N–H and O–H groups in total. The van der Waals surface area contributed by atoms with E-state index in [1.165, 1.54) is 0 Å². The number of rotatable bonds is 9. The number of benzene rings is 3. The molecule has 0 radical (unpaired) electrons. The number of carbonyl (C=O) groups is 1. The zero-order valence-corrected chi connectivity index (χ0v) is 20.8. The van der Waals surface area contributed by atoms with Gasteiger partial charge in [-0.1, -0.05) is 30.3 Å². The molecule has 0 fully saturated rings. The molecule has 0 unspecified atom stereocenters. The molecule has 0 saturated carbocycles. The van der Waals surface area contributed by atoms with Crippen LogP contribution in [0.2, 0.25) is 0 Å². The van der Waals surface area contributed by atoms with Crippen LogP contribution in [0.3, 0.4) is 0 Å². The molecule has 0 aliphatic heterocycles. The third-order valence-electron chi connectivity index (χ3n) is 5.81. The van der Waals surface area contributed by atoms with E-state index in [2.05, 4.69) is 20.6 Å². The quantitative estimate of drug-likeness (QED) is 0.293. The van der Waals surface area contributed by atoms with Gasteiger partial charge in [0, 0.05) is 42.3 Å². The van der Waals surface area contributed by atoms with Crippen molar-refractivity contribution < 1.29 is 9.53 Å². The second-order valence-corrected chi connectivity index (χ2v) is 8.81. The predicted octanol–water partition coefficient (Wildman–Crippen LogP) is 5.22. The molecule has 2 aromatic heterocycles. The summed E-state index contributed by atoms with van der Waals surface area (Å²) in [6.45, 7) is 1.40.